The average molecular weight is 829 g/mol. The maximum atomic E-state index is 6.52. The van der Waals surface area contributed by atoms with Gasteiger partial charge in [-0.05, 0) is 122 Å². The molecule has 0 unspecified atom stereocenters. The van der Waals surface area contributed by atoms with Crippen LogP contribution in [-0.4, -0.2) is 4.57 Å². The first-order valence-electron chi connectivity index (χ1n) is 22.2. The third-order valence-corrected chi connectivity index (χ3v) is 13.2. The van der Waals surface area contributed by atoms with Gasteiger partial charge in [-0.25, -0.2) is 0 Å². The number of benzene rings is 11. The zero-order valence-electron chi connectivity index (χ0n) is 35.4. The molecule has 3 heteroatoms. The van der Waals surface area contributed by atoms with Crippen molar-refractivity contribution in [3.05, 3.63) is 243 Å². The van der Waals surface area contributed by atoms with E-state index in [1.165, 1.54) is 54.5 Å². The topological polar surface area (TPSA) is 21.3 Å². The number of anilines is 3. The zero-order chi connectivity index (χ0) is 42.8. The van der Waals surface area contributed by atoms with Gasteiger partial charge in [0.2, 0.25) is 0 Å². The number of furan rings is 1. The Bertz CT molecular complexity index is 3920. The van der Waals surface area contributed by atoms with Crippen LogP contribution in [0.25, 0.3) is 104 Å². The fourth-order valence-corrected chi connectivity index (χ4v) is 10.0. The fraction of sp³-hybridized carbons (Fsp3) is 0. The molecular formula is C62H40N2O. The number of hydrogen-bond donors (Lipinski definition) is 0. The molecule has 0 bridgehead atoms. The van der Waals surface area contributed by atoms with Crippen LogP contribution in [0.1, 0.15) is 0 Å². The summed E-state index contributed by atoms with van der Waals surface area (Å²) in [5.41, 5.74) is 15.5. The zero-order valence-corrected chi connectivity index (χ0v) is 35.4. The van der Waals surface area contributed by atoms with Crippen LogP contribution in [-0.2, 0) is 0 Å². The Morgan fingerprint density at radius 2 is 0.877 bits per heavy atom. The lowest BCUT2D eigenvalue weighted by atomic mass is 9.99. The summed E-state index contributed by atoms with van der Waals surface area (Å²) in [5, 5.41) is 9.68. The number of rotatable bonds is 7. The van der Waals surface area contributed by atoms with E-state index in [2.05, 4.69) is 246 Å². The maximum Gasteiger partial charge on any atom is 0.143 e. The molecule has 11 aromatic carbocycles. The van der Waals surface area contributed by atoms with Gasteiger partial charge in [0.05, 0.1) is 11.0 Å². The minimum Gasteiger partial charge on any atom is -0.455 e. The van der Waals surface area contributed by atoms with Gasteiger partial charge in [-0.2, -0.15) is 0 Å². The van der Waals surface area contributed by atoms with Gasteiger partial charge in [0.25, 0.3) is 0 Å². The Kier molecular flexibility index (Phi) is 8.53. The van der Waals surface area contributed by atoms with Crippen LogP contribution in [0.2, 0.25) is 0 Å². The number of para-hydroxylation sites is 3. The predicted octanol–water partition coefficient (Wildman–Crippen LogP) is 17.5. The second-order valence-electron chi connectivity index (χ2n) is 16.9. The van der Waals surface area contributed by atoms with E-state index in [9.17, 15) is 0 Å². The van der Waals surface area contributed by atoms with Gasteiger partial charge in [0.1, 0.15) is 11.2 Å². The van der Waals surface area contributed by atoms with E-state index in [-0.39, 0.29) is 0 Å². The van der Waals surface area contributed by atoms with Crippen molar-refractivity contribution in [3.63, 3.8) is 0 Å². The van der Waals surface area contributed by atoms with Gasteiger partial charge in [-0.3, -0.25) is 0 Å². The van der Waals surface area contributed by atoms with Crippen molar-refractivity contribution >= 4 is 82.4 Å². The standard InChI is InChI=1S/C62H40N2O/c1-3-12-43(13-4-1)53-19-11-20-56-58-38-46(30-37-61(58)65-62(53)56)41-24-31-49(32-25-41)63(51-35-28-45-23-22-44-14-7-8-17-52(44)57(45)40-51)50-33-26-42(27-34-50)47-29-36-55-54-18-9-10-21-59(54)64(60(55)39-47)48-15-5-2-6-16-48/h1-40H. The first-order chi connectivity index (χ1) is 32.2. The molecular weight excluding hydrogens is 789 g/mol. The predicted molar refractivity (Wildman–Crippen MR) is 274 cm³/mol. The molecule has 2 heterocycles. The first kappa shape index (κ1) is 36.9. The normalized spacial score (nSPS) is 11.7. The van der Waals surface area contributed by atoms with Gasteiger partial charge in [0.15, 0.2) is 0 Å². The highest BCUT2D eigenvalue weighted by Gasteiger charge is 2.18. The van der Waals surface area contributed by atoms with E-state index in [1.54, 1.807) is 0 Å². The lowest BCUT2D eigenvalue weighted by Gasteiger charge is -2.26. The molecule has 0 fully saturated rings. The number of aromatic nitrogens is 1. The summed E-state index contributed by atoms with van der Waals surface area (Å²) in [6.07, 6.45) is 0. The lowest BCUT2D eigenvalue weighted by Crippen LogP contribution is -2.09. The van der Waals surface area contributed by atoms with Gasteiger partial charge in [-0.1, -0.05) is 170 Å². The lowest BCUT2D eigenvalue weighted by molar-refractivity contribution is 0.670. The highest BCUT2D eigenvalue weighted by atomic mass is 16.3. The van der Waals surface area contributed by atoms with Crippen molar-refractivity contribution < 1.29 is 4.42 Å². The fourth-order valence-electron chi connectivity index (χ4n) is 10.0. The van der Waals surface area contributed by atoms with Crippen molar-refractivity contribution in [2.45, 2.75) is 0 Å². The van der Waals surface area contributed by atoms with Crippen molar-refractivity contribution in [2.75, 3.05) is 4.90 Å². The number of nitrogens with zero attached hydrogens (tertiary/aromatic N) is 2. The van der Waals surface area contributed by atoms with Crippen LogP contribution in [0.15, 0.2) is 247 Å². The Labute approximate surface area is 376 Å². The summed E-state index contributed by atoms with van der Waals surface area (Å²) in [4.78, 5) is 2.38. The van der Waals surface area contributed by atoms with Crippen molar-refractivity contribution in [3.8, 4) is 39.1 Å². The minimum absolute atomic E-state index is 0.890. The third kappa shape index (κ3) is 6.20. The van der Waals surface area contributed by atoms with Crippen molar-refractivity contribution in [1.82, 2.24) is 4.57 Å². The van der Waals surface area contributed by atoms with E-state index in [1.807, 2.05) is 6.07 Å². The molecule has 3 nitrogen and oxygen atoms in total. The molecule has 0 spiro atoms. The van der Waals surface area contributed by atoms with Crippen LogP contribution >= 0.6 is 0 Å². The van der Waals surface area contributed by atoms with Crippen LogP contribution in [0, 0.1) is 0 Å². The first-order valence-corrected chi connectivity index (χ1v) is 22.2. The summed E-state index contributed by atoms with van der Waals surface area (Å²) in [6.45, 7) is 0. The summed E-state index contributed by atoms with van der Waals surface area (Å²) >= 11 is 0. The molecule has 65 heavy (non-hydrogen) atoms. The Hall–Kier alpha value is -8.66. The van der Waals surface area contributed by atoms with Crippen LogP contribution < -0.4 is 4.90 Å². The van der Waals surface area contributed by atoms with E-state index >= 15 is 0 Å². The summed E-state index contributed by atoms with van der Waals surface area (Å²) in [7, 11) is 0. The molecule has 0 N–H and O–H groups in total. The summed E-state index contributed by atoms with van der Waals surface area (Å²) in [6, 6.07) is 87.7. The molecule has 0 atom stereocenters. The molecule has 0 saturated carbocycles. The van der Waals surface area contributed by atoms with E-state index in [0.717, 1.165) is 66.9 Å². The van der Waals surface area contributed by atoms with Crippen molar-refractivity contribution in [2.24, 2.45) is 0 Å². The molecule has 2 aromatic heterocycles. The van der Waals surface area contributed by atoms with E-state index in [4.69, 9.17) is 4.42 Å². The SMILES string of the molecule is c1ccc(-c2cccc3c2oc2ccc(-c4ccc(N(c5ccc(-c6ccc7c8ccccc8n(-c8ccccc8)c7c6)cc5)c5ccc6ccc7ccccc7c6c5)cc4)cc23)cc1. The van der Waals surface area contributed by atoms with Crippen LogP contribution in [0.3, 0.4) is 0 Å². The van der Waals surface area contributed by atoms with Crippen molar-refractivity contribution in [1.29, 1.82) is 0 Å². The Balaban J connectivity index is 0.905. The Morgan fingerprint density at radius 3 is 1.65 bits per heavy atom. The quantitative estimate of drug-likeness (QED) is 0.149. The van der Waals surface area contributed by atoms with E-state index in [0.29, 0.717) is 0 Å². The second-order valence-corrected chi connectivity index (χ2v) is 16.9. The highest BCUT2D eigenvalue weighted by Crippen LogP contribution is 2.42. The molecule has 0 aliphatic heterocycles. The van der Waals surface area contributed by atoms with Gasteiger partial charge >= 0.3 is 0 Å². The Morgan fingerprint density at radius 1 is 0.308 bits per heavy atom. The van der Waals surface area contributed by atoms with Gasteiger partial charge in [-0.15, -0.1) is 0 Å². The number of fused-ring (bicyclic) bond motifs is 9. The monoisotopic (exact) mass is 828 g/mol. The van der Waals surface area contributed by atoms with Gasteiger partial charge in [0, 0.05) is 49.9 Å². The molecule has 13 aromatic rings. The smallest absolute Gasteiger partial charge is 0.143 e. The molecule has 304 valence electrons. The molecule has 13 rings (SSSR count). The molecule has 0 radical (unpaired) electrons. The summed E-state index contributed by atoms with van der Waals surface area (Å²) in [5.74, 6) is 0. The highest BCUT2D eigenvalue weighted by molar-refractivity contribution is 6.12. The van der Waals surface area contributed by atoms with Crippen LogP contribution in [0.4, 0.5) is 17.1 Å². The minimum atomic E-state index is 0.890. The third-order valence-electron chi connectivity index (χ3n) is 13.2. The molecule has 0 aliphatic carbocycles. The van der Waals surface area contributed by atoms with Crippen LogP contribution in [0.5, 0.6) is 0 Å². The largest absolute Gasteiger partial charge is 0.455 e. The molecule has 0 aliphatic rings. The molecule has 0 saturated heterocycles. The molecule has 0 amide bonds. The van der Waals surface area contributed by atoms with E-state index < -0.39 is 0 Å². The van der Waals surface area contributed by atoms with Gasteiger partial charge < -0.3 is 13.9 Å². The number of hydrogen-bond acceptors (Lipinski definition) is 2. The second kappa shape index (κ2) is 15.0. The maximum absolute atomic E-state index is 6.52. The summed E-state index contributed by atoms with van der Waals surface area (Å²) < 4.78 is 8.90. The average Bonchev–Trinajstić information content (AvgIpc) is 3.92.